The van der Waals surface area contributed by atoms with Crippen LogP contribution in [0.1, 0.15) is 122 Å². The molecule has 0 aromatic rings. The summed E-state index contributed by atoms with van der Waals surface area (Å²) < 4.78 is 5.72. The molecule has 0 amide bonds. The zero-order valence-electron chi connectivity index (χ0n) is 35.1. The van der Waals surface area contributed by atoms with Gasteiger partial charge in [-0.2, -0.15) is 0 Å². The average Bonchev–Trinajstić information content (AvgIpc) is 3.74. The number of aliphatic hydroxyl groups is 4. The number of ether oxygens (including phenoxy) is 1. The van der Waals surface area contributed by atoms with Crippen molar-refractivity contribution in [1.82, 2.24) is 0 Å². The van der Waals surface area contributed by atoms with Gasteiger partial charge in [0.15, 0.2) is 12.0 Å². The van der Waals surface area contributed by atoms with E-state index in [0.717, 1.165) is 64.5 Å². The van der Waals surface area contributed by atoms with Crippen molar-refractivity contribution in [3.05, 3.63) is 18.2 Å². The molecule has 0 aromatic carbocycles. The number of fused-ring (bicyclic) bond motifs is 2. The number of piperidine rings is 2. The van der Waals surface area contributed by atoms with Crippen LogP contribution in [-0.4, -0.2) is 102 Å². The van der Waals surface area contributed by atoms with Gasteiger partial charge < -0.3 is 35.8 Å². The lowest BCUT2D eigenvalue weighted by Gasteiger charge is -2.43. The van der Waals surface area contributed by atoms with Gasteiger partial charge in [-0.15, -0.1) is 4.99 Å². The molecule has 5 fully saturated rings. The minimum absolute atomic E-state index is 0.0483. The maximum absolute atomic E-state index is 14.3. The van der Waals surface area contributed by atoms with E-state index in [9.17, 15) is 30.0 Å². The number of quaternary nitrogens is 2. The number of rotatable bonds is 14. The Morgan fingerprint density at radius 1 is 1.00 bits per heavy atom. The summed E-state index contributed by atoms with van der Waals surface area (Å²) in [6.45, 7) is 3.97. The van der Waals surface area contributed by atoms with Crippen molar-refractivity contribution in [2.75, 3.05) is 26.8 Å². The first-order chi connectivity index (χ1) is 28.0. The summed E-state index contributed by atoms with van der Waals surface area (Å²) in [5.41, 5.74) is 6.55. The Hall–Kier alpha value is -2.14. The third kappa shape index (κ3) is 10.5. The number of methoxy groups -OCH3 is 1. The number of hydrogen-bond donors (Lipinski definition) is 7. The van der Waals surface area contributed by atoms with Crippen molar-refractivity contribution in [3.8, 4) is 11.8 Å². The molecule has 7 rings (SSSR count). The van der Waals surface area contributed by atoms with E-state index in [0.29, 0.717) is 112 Å². The predicted molar refractivity (Wildman–Crippen MR) is 221 cm³/mol. The number of aliphatic imine (C=N–C) groups is 1. The molecule has 322 valence electrons. The second kappa shape index (κ2) is 20.2. The molecule has 3 aliphatic heterocycles. The molecule has 58 heavy (non-hydrogen) atoms. The Bertz CT molecular complexity index is 1530. The Morgan fingerprint density at radius 2 is 1.83 bits per heavy atom. The smallest absolute Gasteiger partial charge is 0.176 e. The number of Topliss-reactive ketones (excluding diaryl/α,β-unsaturated/α-hetero) is 2. The number of nitrogens with zero attached hydrogens (tertiary/aromatic N) is 1. The van der Waals surface area contributed by atoms with E-state index in [-0.39, 0.29) is 48.3 Å². The van der Waals surface area contributed by atoms with Crippen LogP contribution in [0, 0.1) is 77.1 Å². The molecule has 0 radical (unpaired) electrons. The van der Waals surface area contributed by atoms with Gasteiger partial charge >= 0.3 is 0 Å². The highest BCUT2D eigenvalue weighted by Crippen LogP contribution is 2.48. The molecular formula is C47H75N4O7+3. The maximum Gasteiger partial charge on any atom is 0.176 e. The van der Waals surface area contributed by atoms with Crippen LogP contribution in [0.15, 0.2) is 16.6 Å². The minimum Gasteiger partial charge on any atom is -0.396 e. The highest BCUT2D eigenvalue weighted by Gasteiger charge is 2.50. The first kappa shape index (κ1) is 43.9. The summed E-state index contributed by atoms with van der Waals surface area (Å²) in [5, 5.41) is 49.4. The molecule has 2 saturated heterocycles. The first-order valence-corrected chi connectivity index (χ1v) is 23.3. The third-order valence-corrected chi connectivity index (χ3v) is 16.5. The largest absolute Gasteiger partial charge is 0.396 e. The van der Waals surface area contributed by atoms with Crippen LogP contribution in [0.4, 0.5) is 0 Å². The second-order valence-corrected chi connectivity index (χ2v) is 20.0. The van der Waals surface area contributed by atoms with Gasteiger partial charge in [0.2, 0.25) is 0 Å². The molecule has 1 spiro atoms. The molecule has 10 N–H and O–H groups in total. The minimum atomic E-state index is -1.10. The lowest BCUT2D eigenvalue weighted by Crippen LogP contribution is -2.96. The number of nitrogens with two attached hydrogens (primary N) is 3. The van der Waals surface area contributed by atoms with Crippen molar-refractivity contribution < 1.29 is 45.4 Å². The van der Waals surface area contributed by atoms with Crippen LogP contribution in [0.2, 0.25) is 0 Å². The predicted octanol–water partition coefficient (Wildman–Crippen LogP) is 2.20. The van der Waals surface area contributed by atoms with Gasteiger partial charge in [-0.25, -0.2) is 0 Å². The van der Waals surface area contributed by atoms with E-state index in [1.165, 1.54) is 5.57 Å². The summed E-state index contributed by atoms with van der Waals surface area (Å²) in [7, 11) is 1.65. The number of hydrogen-bond acceptors (Lipinski definition) is 9. The van der Waals surface area contributed by atoms with Crippen LogP contribution >= 0.6 is 0 Å². The summed E-state index contributed by atoms with van der Waals surface area (Å²) >= 11 is 0. The molecular weight excluding hydrogens is 733 g/mol. The monoisotopic (exact) mass is 808 g/mol. The van der Waals surface area contributed by atoms with Crippen LogP contribution in [0.3, 0.4) is 0 Å². The fourth-order valence-corrected chi connectivity index (χ4v) is 12.9. The van der Waals surface area contributed by atoms with E-state index in [4.69, 9.17) is 10.5 Å². The SMILES string of the molecule is COC1CC2CCC(=O)[C@@]3(C#C[C@H](CC[C@H](O)CCC4CC(N)[NH2+]CC4CC4=C[CH+]N=C4)C2CC1O)CC[C@H](C[C@H](CCO)[C@@H]1C[NH2+][C@@H]2CC(=O)CC[C@H]2C1)C[C@H]3O. The molecule has 7 unspecified atom stereocenters. The van der Waals surface area contributed by atoms with Gasteiger partial charge in [-0.3, -0.25) is 15.3 Å². The summed E-state index contributed by atoms with van der Waals surface area (Å²) in [6, 6.07) is 0.406. The summed E-state index contributed by atoms with van der Waals surface area (Å²) in [5.74, 6) is 10.3. The summed E-state index contributed by atoms with van der Waals surface area (Å²) in [4.78, 5) is 30.7. The number of carbonyl (C=O) groups is 2. The quantitative estimate of drug-likeness (QED) is 0.103. The number of allylic oxidation sites excluding steroid dienone is 1. The van der Waals surface area contributed by atoms with Gasteiger partial charge in [0, 0.05) is 63.1 Å². The fourth-order valence-electron chi connectivity index (χ4n) is 12.9. The molecule has 4 aliphatic carbocycles. The van der Waals surface area contributed by atoms with Crippen molar-refractivity contribution >= 4 is 17.8 Å². The van der Waals surface area contributed by atoms with Crippen molar-refractivity contribution in [1.29, 1.82) is 0 Å². The molecule has 11 heteroatoms. The van der Waals surface area contributed by atoms with E-state index in [1.54, 1.807) is 7.11 Å². The van der Waals surface area contributed by atoms with Crippen LogP contribution < -0.4 is 16.4 Å². The Labute approximate surface area is 347 Å². The van der Waals surface area contributed by atoms with Crippen LogP contribution in [-0.2, 0) is 14.3 Å². The normalized spacial score (nSPS) is 41.5. The van der Waals surface area contributed by atoms with Crippen molar-refractivity contribution in [2.24, 2.45) is 69.4 Å². The zero-order valence-corrected chi connectivity index (χ0v) is 35.1. The molecule has 16 atom stereocenters. The zero-order chi connectivity index (χ0) is 40.8. The number of carbonyl (C=O) groups excluding carboxylic acids is 2. The topological polar surface area (TPSA) is 196 Å². The standard InChI is InChI=1S/C47H73N4O7/c1-58-43-22-34-5-9-44(56)47(14-10-29(20-45(47)57)18-33(13-17-52)37-21-35-4-8-39(54)24-41(35)50-27-37)15-11-31(40(34)25-42(43)55)2-6-38(53)7-3-32-23-46(48)51-28-36(32)19-30-12-16-49-26-30/h12,16,26,29,31-38,40-43,45-46,50-53,55,57H,2-10,13-14,17-25,27-28,48H2,1H3/q+1/p+2/t29-,31+,32?,33+,34?,35+,36?,37+,38+,40?,41-,42?,43?,45-,46?,47+/m1/s1. The van der Waals surface area contributed by atoms with Crippen LogP contribution in [0.5, 0.6) is 0 Å². The van der Waals surface area contributed by atoms with E-state index < -0.39 is 23.7 Å². The maximum atomic E-state index is 14.3. The Kier molecular flexibility index (Phi) is 15.3. The van der Waals surface area contributed by atoms with Gasteiger partial charge in [0.25, 0.3) is 0 Å². The molecule has 11 nitrogen and oxygen atoms in total. The lowest BCUT2D eigenvalue weighted by molar-refractivity contribution is -0.712. The molecule has 3 heterocycles. The van der Waals surface area contributed by atoms with Crippen molar-refractivity contribution in [3.63, 3.8) is 0 Å². The highest BCUT2D eigenvalue weighted by molar-refractivity contribution is 5.89. The Balaban J connectivity index is 1.01. The highest BCUT2D eigenvalue weighted by atomic mass is 16.5. The molecule has 3 saturated carbocycles. The Morgan fingerprint density at radius 3 is 2.60 bits per heavy atom. The molecule has 7 aliphatic rings. The summed E-state index contributed by atoms with van der Waals surface area (Å²) in [6.07, 6.45) is 16.1. The average molecular weight is 808 g/mol. The third-order valence-electron chi connectivity index (χ3n) is 16.5. The van der Waals surface area contributed by atoms with Gasteiger partial charge in [0.05, 0.1) is 56.0 Å². The number of aliphatic hydroxyl groups excluding tert-OH is 4. The lowest BCUT2D eigenvalue weighted by atomic mass is 9.63. The van der Waals surface area contributed by atoms with Crippen molar-refractivity contribution in [2.45, 2.75) is 159 Å². The van der Waals surface area contributed by atoms with E-state index in [1.807, 2.05) is 12.8 Å². The van der Waals surface area contributed by atoms with E-state index >= 15 is 0 Å². The fraction of sp³-hybridized carbons (Fsp3) is 0.830. The number of ketones is 2. The molecule has 0 bridgehead atoms. The van der Waals surface area contributed by atoms with Gasteiger partial charge in [0.1, 0.15) is 29.5 Å². The van der Waals surface area contributed by atoms with Gasteiger partial charge in [-0.05, 0) is 119 Å². The van der Waals surface area contributed by atoms with E-state index in [2.05, 4.69) is 33.5 Å². The second-order valence-electron chi connectivity index (χ2n) is 20.0. The van der Waals surface area contributed by atoms with Crippen LogP contribution in [0.25, 0.3) is 0 Å². The van der Waals surface area contributed by atoms with Gasteiger partial charge in [-0.1, -0.05) is 11.8 Å². The molecule has 0 aromatic heterocycles. The first-order valence-electron chi connectivity index (χ1n) is 23.3.